The zero-order valence-corrected chi connectivity index (χ0v) is 13.8. The maximum atomic E-state index is 10.3. The van der Waals surface area contributed by atoms with Crippen LogP contribution >= 0.6 is 0 Å². The number of aliphatic hydroxyl groups excluding tert-OH is 6. The van der Waals surface area contributed by atoms with E-state index < -0.39 is 55.8 Å². The van der Waals surface area contributed by atoms with Crippen LogP contribution in [0.15, 0.2) is 0 Å². The van der Waals surface area contributed by atoms with Crippen LogP contribution in [0.1, 0.15) is 20.3 Å². The van der Waals surface area contributed by atoms with Gasteiger partial charge < -0.3 is 44.8 Å². The minimum atomic E-state index is -1.63. The molecule has 9 unspecified atom stereocenters. The highest BCUT2D eigenvalue weighted by molar-refractivity contribution is 4.91. The van der Waals surface area contributed by atoms with Gasteiger partial charge in [0.1, 0.15) is 24.4 Å². The van der Waals surface area contributed by atoms with Crippen molar-refractivity contribution in [3.8, 4) is 0 Å². The Labute approximate surface area is 140 Å². The molecule has 0 saturated carbocycles. The van der Waals surface area contributed by atoms with Gasteiger partial charge >= 0.3 is 0 Å². The molecule has 142 valence electrons. The van der Waals surface area contributed by atoms with E-state index in [1.54, 1.807) is 0 Å². The molecule has 2 rings (SSSR count). The van der Waals surface area contributed by atoms with Crippen LogP contribution in [0.2, 0.25) is 0 Å². The molecule has 2 aliphatic rings. The van der Waals surface area contributed by atoms with Crippen molar-refractivity contribution in [3.63, 3.8) is 0 Å². The zero-order chi connectivity index (χ0) is 18.0. The maximum Gasteiger partial charge on any atom is 0.184 e. The summed E-state index contributed by atoms with van der Waals surface area (Å²) in [7, 11) is 0. The highest BCUT2D eigenvalue weighted by Crippen LogP contribution is 2.33. The Kier molecular flexibility index (Phi) is 6.94. The molecule has 0 spiro atoms. The van der Waals surface area contributed by atoms with E-state index in [1.165, 1.54) is 0 Å². The van der Waals surface area contributed by atoms with Crippen LogP contribution in [0, 0.1) is 11.8 Å². The van der Waals surface area contributed by atoms with Crippen molar-refractivity contribution in [2.24, 2.45) is 11.8 Å². The lowest BCUT2D eigenvalue weighted by Gasteiger charge is -2.45. The Morgan fingerprint density at radius 1 is 0.958 bits per heavy atom. The normalized spacial score (nSPS) is 47.1. The quantitative estimate of drug-likeness (QED) is 0.317. The van der Waals surface area contributed by atoms with Crippen molar-refractivity contribution >= 4 is 0 Å². The molecule has 0 aromatic rings. The van der Waals surface area contributed by atoms with E-state index in [9.17, 15) is 30.6 Å². The lowest BCUT2D eigenvalue weighted by atomic mass is 9.82. The number of ether oxygens (including phenoxy) is 3. The summed E-state index contributed by atoms with van der Waals surface area (Å²) in [5.41, 5.74) is 0. The van der Waals surface area contributed by atoms with Gasteiger partial charge in [0.05, 0.1) is 25.4 Å². The fourth-order valence-electron chi connectivity index (χ4n) is 3.48. The van der Waals surface area contributed by atoms with Gasteiger partial charge in [-0.2, -0.15) is 0 Å². The van der Waals surface area contributed by atoms with Crippen molar-refractivity contribution in [3.05, 3.63) is 0 Å². The van der Waals surface area contributed by atoms with Crippen molar-refractivity contribution in [2.75, 3.05) is 13.2 Å². The van der Waals surface area contributed by atoms with E-state index in [0.717, 1.165) is 0 Å². The molecular formula is C15H28O9. The third-order valence-electron chi connectivity index (χ3n) is 4.73. The zero-order valence-electron chi connectivity index (χ0n) is 13.8. The molecule has 0 radical (unpaired) electrons. The Balaban J connectivity index is 2.06. The van der Waals surface area contributed by atoms with Gasteiger partial charge in [-0.15, -0.1) is 0 Å². The largest absolute Gasteiger partial charge is 0.394 e. The first-order chi connectivity index (χ1) is 11.3. The van der Waals surface area contributed by atoms with Gasteiger partial charge in [0.15, 0.2) is 12.6 Å². The number of hydrogen-bond acceptors (Lipinski definition) is 9. The molecule has 0 amide bonds. The molecule has 9 heteroatoms. The van der Waals surface area contributed by atoms with Crippen LogP contribution < -0.4 is 0 Å². The SMILES string of the molecule is CC(C)C1C(O)CC(OC2C(CO)OC(O)C(O)C2O)OC1CO. The molecular weight excluding hydrogens is 324 g/mol. The van der Waals surface area contributed by atoms with Gasteiger partial charge in [0, 0.05) is 12.3 Å². The second-order valence-corrected chi connectivity index (χ2v) is 6.74. The highest BCUT2D eigenvalue weighted by atomic mass is 16.7. The van der Waals surface area contributed by atoms with Gasteiger partial charge in [-0.3, -0.25) is 0 Å². The van der Waals surface area contributed by atoms with E-state index in [-0.39, 0.29) is 24.9 Å². The van der Waals surface area contributed by atoms with Crippen molar-refractivity contribution in [1.82, 2.24) is 0 Å². The molecule has 24 heavy (non-hydrogen) atoms. The number of hydrogen-bond donors (Lipinski definition) is 6. The second kappa shape index (κ2) is 8.35. The van der Waals surface area contributed by atoms with Gasteiger partial charge in [0.25, 0.3) is 0 Å². The van der Waals surface area contributed by atoms with E-state index in [1.807, 2.05) is 13.8 Å². The van der Waals surface area contributed by atoms with E-state index in [2.05, 4.69) is 0 Å². The summed E-state index contributed by atoms with van der Waals surface area (Å²) in [6, 6.07) is 0. The molecule has 0 aromatic carbocycles. The summed E-state index contributed by atoms with van der Waals surface area (Å²) in [5.74, 6) is -0.174. The van der Waals surface area contributed by atoms with Crippen LogP contribution in [-0.4, -0.2) is 93.1 Å². The molecule has 9 atom stereocenters. The summed E-state index contributed by atoms with van der Waals surface area (Å²) in [6.07, 6.45) is -9.19. The van der Waals surface area contributed by atoms with E-state index >= 15 is 0 Å². The smallest absolute Gasteiger partial charge is 0.184 e. The van der Waals surface area contributed by atoms with Gasteiger partial charge in [-0.1, -0.05) is 13.8 Å². The number of rotatable bonds is 5. The van der Waals surface area contributed by atoms with Crippen LogP contribution in [-0.2, 0) is 14.2 Å². The summed E-state index contributed by atoms with van der Waals surface area (Å²) >= 11 is 0. The average Bonchev–Trinajstić information content (AvgIpc) is 2.54. The first-order valence-electron chi connectivity index (χ1n) is 8.20. The fraction of sp³-hybridized carbons (Fsp3) is 1.00. The van der Waals surface area contributed by atoms with Crippen LogP contribution in [0.25, 0.3) is 0 Å². The minimum absolute atomic E-state index is 0.0869. The molecule has 2 fully saturated rings. The van der Waals surface area contributed by atoms with Crippen molar-refractivity contribution in [1.29, 1.82) is 0 Å². The first kappa shape index (κ1) is 20.0. The fourth-order valence-corrected chi connectivity index (χ4v) is 3.48. The van der Waals surface area contributed by atoms with Crippen molar-refractivity contribution in [2.45, 2.75) is 69.5 Å². The molecule has 2 heterocycles. The summed E-state index contributed by atoms with van der Waals surface area (Å²) < 4.78 is 16.3. The minimum Gasteiger partial charge on any atom is -0.394 e. The maximum absolute atomic E-state index is 10.3. The third kappa shape index (κ3) is 4.06. The summed E-state index contributed by atoms with van der Waals surface area (Å²) in [6.45, 7) is 2.99. The highest BCUT2D eigenvalue weighted by Gasteiger charge is 2.47. The second-order valence-electron chi connectivity index (χ2n) is 6.74. The third-order valence-corrected chi connectivity index (χ3v) is 4.73. The van der Waals surface area contributed by atoms with E-state index in [4.69, 9.17) is 14.2 Å². The topological polar surface area (TPSA) is 149 Å². The standard InChI is InChI=1S/C15H28O9/c1-6(2)11-7(18)3-10(22-8(11)4-16)24-14-9(5-17)23-15(21)13(20)12(14)19/h6-21H,3-5H2,1-2H3. The molecule has 2 saturated heterocycles. The van der Waals surface area contributed by atoms with E-state index in [0.29, 0.717) is 0 Å². The van der Waals surface area contributed by atoms with Crippen molar-refractivity contribution < 1.29 is 44.8 Å². The predicted octanol–water partition coefficient (Wildman–Crippen LogP) is -2.46. The lowest BCUT2D eigenvalue weighted by molar-refractivity contribution is -0.335. The number of aliphatic hydroxyl groups is 6. The molecule has 9 nitrogen and oxygen atoms in total. The molecule has 0 bridgehead atoms. The predicted molar refractivity (Wildman–Crippen MR) is 79.6 cm³/mol. The molecule has 0 aliphatic carbocycles. The molecule has 0 aromatic heterocycles. The summed E-state index contributed by atoms with van der Waals surface area (Å²) in [4.78, 5) is 0. The Morgan fingerprint density at radius 2 is 1.58 bits per heavy atom. The van der Waals surface area contributed by atoms with Gasteiger partial charge in [-0.05, 0) is 5.92 Å². The van der Waals surface area contributed by atoms with Crippen LogP contribution in [0.3, 0.4) is 0 Å². The Hall–Kier alpha value is -0.360. The van der Waals surface area contributed by atoms with Gasteiger partial charge in [0.2, 0.25) is 0 Å². The van der Waals surface area contributed by atoms with Crippen LogP contribution in [0.4, 0.5) is 0 Å². The average molecular weight is 352 g/mol. The molecule has 2 aliphatic heterocycles. The summed E-state index contributed by atoms with van der Waals surface area (Å²) in [5, 5.41) is 58.4. The Morgan fingerprint density at radius 3 is 2.12 bits per heavy atom. The monoisotopic (exact) mass is 352 g/mol. The van der Waals surface area contributed by atoms with Crippen LogP contribution in [0.5, 0.6) is 0 Å². The molecule has 6 N–H and O–H groups in total. The Bertz CT molecular complexity index is 391. The van der Waals surface area contributed by atoms with Gasteiger partial charge in [-0.25, -0.2) is 0 Å². The first-order valence-corrected chi connectivity index (χ1v) is 8.20. The lowest BCUT2D eigenvalue weighted by Crippen LogP contribution is -2.61.